The number of carbonyl (C=O) groups is 3. The highest BCUT2D eigenvalue weighted by Gasteiger charge is 2.36. The van der Waals surface area contributed by atoms with Gasteiger partial charge in [-0.25, -0.2) is 4.90 Å². The number of thioether (sulfide) groups is 1. The number of amides is 2. The lowest BCUT2D eigenvalue weighted by Crippen LogP contribution is -2.27. The van der Waals surface area contributed by atoms with Crippen molar-refractivity contribution in [1.82, 2.24) is 0 Å². The Morgan fingerprint density at radius 1 is 0.913 bits per heavy atom. The van der Waals surface area contributed by atoms with Gasteiger partial charge in [0.05, 0.1) is 10.6 Å². The van der Waals surface area contributed by atoms with E-state index in [-0.39, 0.29) is 5.75 Å². The smallest absolute Gasteiger partial charge is 0.298 e. The number of imide groups is 1. The monoisotopic (exact) mass is 325 g/mol. The number of nitrogens with zero attached hydrogens (tertiary/aromatic N) is 1. The van der Waals surface area contributed by atoms with Gasteiger partial charge in [-0.05, 0) is 47.7 Å². The first kappa shape index (κ1) is 15.1. The van der Waals surface area contributed by atoms with E-state index < -0.39 is 11.1 Å². The van der Waals surface area contributed by atoms with Crippen molar-refractivity contribution in [3.05, 3.63) is 64.6 Å². The zero-order chi connectivity index (χ0) is 16.4. The van der Waals surface area contributed by atoms with Crippen LogP contribution >= 0.6 is 11.8 Å². The molecule has 3 rings (SSSR count). The Morgan fingerprint density at radius 2 is 1.52 bits per heavy atom. The number of benzene rings is 2. The number of carbonyl (C=O) groups excluding carboxylic acids is 3. The number of hydrogen-bond donors (Lipinski definition) is 1. The molecular weight excluding hydrogens is 314 g/mol. The van der Waals surface area contributed by atoms with Crippen LogP contribution < -0.4 is 4.90 Å². The molecule has 1 aliphatic rings. The van der Waals surface area contributed by atoms with Crippen molar-refractivity contribution in [2.45, 2.75) is 0 Å². The minimum Gasteiger partial charge on any atom is -0.508 e. The van der Waals surface area contributed by atoms with Gasteiger partial charge in [-0.1, -0.05) is 24.3 Å². The summed E-state index contributed by atoms with van der Waals surface area (Å²) < 4.78 is 0. The lowest BCUT2D eigenvalue weighted by atomic mass is 10.1. The van der Waals surface area contributed by atoms with Crippen LogP contribution in [0.15, 0.2) is 53.4 Å². The molecule has 0 atom stereocenters. The van der Waals surface area contributed by atoms with Gasteiger partial charge in [0, 0.05) is 5.56 Å². The Morgan fingerprint density at radius 3 is 2.13 bits per heavy atom. The van der Waals surface area contributed by atoms with E-state index in [0.29, 0.717) is 16.2 Å². The van der Waals surface area contributed by atoms with Gasteiger partial charge in [0.15, 0.2) is 0 Å². The largest absolute Gasteiger partial charge is 0.508 e. The molecule has 0 unspecified atom stereocenters. The number of aromatic hydroxyl groups is 1. The molecule has 0 aromatic heterocycles. The fourth-order valence-electron chi connectivity index (χ4n) is 2.11. The molecule has 0 radical (unpaired) electrons. The second-order valence-electron chi connectivity index (χ2n) is 4.82. The van der Waals surface area contributed by atoms with Crippen LogP contribution in [0.4, 0.5) is 10.5 Å². The molecule has 0 aliphatic carbocycles. The van der Waals surface area contributed by atoms with Gasteiger partial charge in [0.2, 0.25) is 0 Å². The third kappa shape index (κ3) is 3.02. The summed E-state index contributed by atoms with van der Waals surface area (Å²) in [6, 6.07) is 12.5. The first-order chi connectivity index (χ1) is 11.1. The van der Waals surface area contributed by atoms with Crippen LogP contribution in [0.25, 0.3) is 6.08 Å². The van der Waals surface area contributed by atoms with Crippen LogP contribution in [0, 0.1) is 0 Å². The first-order valence-corrected chi connectivity index (χ1v) is 7.52. The fourth-order valence-corrected chi connectivity index (χ4v) is 2.96. The second kappa shape index (κ2) is 6.10. The number of rotatable bonds is 3. The standard InChI is InChI=1S/C17H11NO4S/c19-10-12-3-1-11(2-4-12)9-15-16(21)18(17(22)23-15)13-5-7-14(20)8-6-13/h1-10,20H/b15-9-. The van der Waals surface area contributed by atoms with E-state index in [0.717, 1.165) is 28.5 Å². The van der Waals surface area contributed by atoms with Crippen molar-refractivity contribution in [2.24, 2.45) is 0 Å². The van der Waals surface area contributed by atoms with Gasteiger partial charge in [-0.2, -0.15) is 0 Å². The highest BCUT2D eigenvalue weighted by molar-refractivity contribution is 8.19. The molecule has 5 nitrogen and oxygen atoms in total. The predicted molar refractivity (Wildman–Crippen MR) is 88.4 cm³/mol. The van der Waals surface area contributed by atoms with E-state index >= 15 is 0 Å². The summed E-state index contributed by atoms with van der Waals surface area (Å²) in [6.45, 7) is 0. The normalized spacial score (nSPS) is 16.2. The van der Waals surface area contributed by atoms with E-state index in [1.807, 2.05) is 0 Å². The molecule has 1 saturated heterocycles. The minimum absolute atomic E-state index is 0.0616. The molecule has 0 bridgehead atoms. The lowest BCUT2D eigenvalue weighted by molar-refractivity contribution is -0.113. The summed E-state index contributed by atoms with van der Waals surface area (Å²) in [4.78, 5) is 36.5. The average Bonchev–Trinajstić information content (AvgIpc) is 2.83. The van der Waals surface area contributed by atoms with E-state index in [9.17, 15) is 19.5 Å². The summed E-state index contributed by atoms with van der Waals surface area (Å²) in [5.74, 6) is -0.350. The molecular formula is C17H11NO4S. The van der Waals surface area contributed by atoms with Crippen LogP contribution in [-0.2, 0) is 4.79 Å². The maximum Gasteiger partial charge on any atom is 0.298 e. The van der Waals surface area contributed by atoms with Gasteiger partial charge in [0.1, 0.15) is 12.0 Å². The Balaban J connectivity index is 1.89. The van der Waals surface area contributed by atoms with Gasteiger partial charge in [-0.15, -0.1) is 0 Å². The van der Waals surface area contributed by atoms with Crippen molar-refractivity contribution in [2.75, 3.05) is 4.90 Å². The van der Waals surface area contributed by atoms with Crippen molar-refractivity contribution in [3.8, 4) is 5.75 Å². The average molecular weight is 325 g/mol. The fraction of sp³-hybridized carbons (Fsp3) is 0. The zero-order valence-corrected chi connectivity index (χ0v) is 12.6. The van der Waals surface area contributed by atoms with E-state index in [4.69, 9.17) is 0 Å². The van der Waals surface area contributed by atoms with Crippen molar-refractivity contribution >= 4 is 41.0 Å². The van der Waals surface area contributed by atoms with Gasteiger partial charge in [-0.3, -0.25) is 14.4 Å². The number of phenolic OH excluding ortho intramolecular Hbond substituents is 1. The van der Waals surface area contributed by atoms with E-state index in [1.54, 1.807) is 30.3 Å². The zero-order valence-electron chi connectivity index (χ0n) is 11.8. The summed E-state index contributed by atoms with van der Waals surface area (Å²) in [7, 11) is 0. The molecule has 1 N–H and O–H groups in total. The van der Waals surface area contributed by atoms with Crippen LogP contribution in [0.2, 0.25) is 0 Å². The highest BCUT2D eigenvalue weighted by Crippen LogP contribution is 2.36. The maximum absolute atomic E-state index is 12.4. The lowest BCUT2D eigenvalue weighted by Gasteiger charge is -2.12. The molecule has 1 fully saturated rings. The van der Waals surface area contributed by atoms with E-state index in [2.05, 4.69) is 0 Å². The summed E-state index contributed by atoms with van der Waals surface area (Å²) in [5.41, 5.74) is 1.68. The van der Waals surface area contributed by atoms with Crippen LogP contribution in [0.3, 0.4) is 0 Å². The maximum atomic E-state index is 12.4. The number of hydrogen-bond acceptors (Lipinski definition) is 5. The van der Waals surface area contributed by atoms with Gasteiger partial charge >= 0.3 is 0 Å². The van der Waals surface area contributed by atoms with Gasteiger partial charge in [0.25, 0.3) is 11.1 Å². The molecule has 6 heteroatoms. The SMILES string of the molecule is O=Cc1ccc(/C=C2\SC(=O)N(c3ccc(O)cc3)C2=O)cc1. The molecule has 114 valence electrons. The molecule has 2 aromatic carbocycles. The predicted octanol–water partition coefficient (Wildman–Crippen LogP) is 3.45. The van der Waals surface area contributed by atoms with Crippen LogP contribution in [0.5, 0.6) is 5.75 Å². The minimum atomic E-state index is -0.412. The van der Waals surface area contributed by atoms with E-state index in [1.165, 1.54) is 24.3 Å². The molecule has 23 heavy (non-hydrogen) atoms. The molecule has 0 spiro atoms. The molecule has 1 aliphatic heterocycles. The Kier molecular flexibility index (Phi) is 3.99. The van der Waals surface area contributed by atoms with Crippen LogP contribution in [-0.4, -0.2) is 22.5 Å². The first-order valence-electron chi connectivity index (χ1n) is 6.71. The molecule has 0 saturated carbocycles. The number of aldehydes is 1. The molecule has 2 aromatic rings. The van der Waals surface area contributed by atoms with Crippen molar-refractivity contribution < 1.29 is 19.5 Å². The highest BCUT2D eigenvalue weighted by atomic mass is 32.2. The Bertz CT molecular complexity index is 809. The topological polar surface area (TPSA) is 74.7 Å². The summed E-state index contributed by atoms with van der Waals surface area (Å²) in [5, 5.41) is 8.90. The van der Waals surface area contributed by atoms with Crippen molar-refractivity contribution in [1.29, 1.82) is 0 Å². The van der Waals surface area contributed by atoms with Crippen molar-refractivity contribution in [3.63, 3.8) is 0 Å². The third-order valence-corrected chi connectivity index (χ3v) is 4.14. The number of phenols is 1. The quantitative estimate of drug-likeness (QED) is 0.691. The molecule has 2 amide bonds. The summed E-state index contributed by atoms with van der Waals surface area (Å²) in [6.07, 6.45) is 2.35. The third-order valence-electron chi connectivity index (χ3n) is 3.27. The Hall–Kier alpha value is -2.86. The summed E-state index contributed by atoms with van der Waals surface area (Å²) >= 11 is 0.852. The Labute approximate surface area is 136 Å². The van der Waals surface area contributed by atoms with Crippen LogP contribution in [0.1, 0.15) is 15.9 Å². The number of anilines is 1. The molecule has 1 heterocycles. The second-order valence-corrected chi connectivity index (χ2v) is 5.81. The van der Waals surface area contributed by atoms with Gasteiger partial charge < -0.3 is 5.11 Å².